The van der Waals surface area contributed by atoms with Gasteiger partial charge in [0.2, 0.25) is 0 Å². The van der Waals surface area contributed by atoms with Gasteiger partial charge in [0.05, 0.1) is 4.92 Å². The largest absolute Gasteiger partial charge is 0.378 e. The first kappa shape index (κ1) is 16.7. The second-order valence-electron chi connectivity index (χ2n) is 4.61. The summed E-state index contributed by atoms with van der Waals surface area (Å²) in [6, 6.07) is 9.44. The number of nitro benzene ring substituents is 1. The molecule has 8 heteroatoms. The van der Waals surface area contributed by atoms with Crippen molar-refractivity contribution < 1.29 is 14.1 Å². The molecular weight excluding hydrogens is 325 g/mol. The third-order valence-electron chi connectivity index (χ3n) is 2.99. The van der Waals surface area contributed by atoms with Crippen LogP contribution in [0.4, 0.5) is 15.8 Å². The van der Waals surface area contributed by atoms with Crippen LogP contribution in [0.15, 0.2) is 42.5 Å². The number of anilines is 1. The molecule has 0 aliphatic carbocycles. The maximum absolute atomic E-state index is 12.8. The summed E-state index contributed by atoms with van der Waals surface area (Å²) in [6.07, 6.45) is 0. The van der Waals surface area contributed by atoms with Crippen molar-refractivity contribution in [2.24, 2.45) is 0 Å². The van der Waals surface area contributed by atoms with E-state index < -0.39 is 10.7 Å². The highest BCUT2D eigenvalue weighted by atomic mass is 35.5. The van der Waals surface area contributed by atoms with Gasteiger partial charge in [-0.2, -0.15) is 0 Å². The summed E-state index contributed by atoms with van der Waals surface area (Å²) in [6.45, 7) is 0.533. The van der Waals surface area contributed by atoms with Gasteiger partial charge in [-0.25, -0.2) is 4.39 Å². The third-order valence-corrected chi connectivity index (χ3v) is 3.22. The highest BCUT2D eigenvalue weighted by Crippen LogP contribution is 2.27. The molecular formula is C15H13ClFN3O3. The Morgan fingerprint density at radius 3 is 2.52 bits per heavy atom. The predicted octanol–water partition coefficient (Wildman–Crippen LogP) is 3.23. The van der Waals surface area contributed by atoms with E-state index in [-0.39, 0.29) is 29.7 Å². The molecule has 2 N–H and O–H groups in total. The van der Waals surface area contributed by atoms with E-state index in [0.29, 0.717) is 11.3 Å². The van der Waals surface area contributed by atoms with E-state index in [1.54, 1.807) is 0 Å². The highest BCUT2D eigenvalue weighted by molar-refractivity contribution is 6.30. The fourth-order valence-electron chi connectivity index (χ4n) is 1.88. The molecule has 0 fully saturated rings. The molecule has 23 heavy (non-hydrogen) atoms. The Morgan fingerprint density at radius 1 is 1.17 bits per heavy atom. The predicted molar refractivity (Wildman–Crippen MR) is 85.3 cm³/mol. The van der Waals surface area contributed by atoms with Crippen molar-refractivity contribution in [2.75, 3.05) is 18.4 Å². The fraction of sp³-hybridized carbons (Fsp3) is 0.133. The lowest BCUT2D eigenvalue weighted by atomic mass is 10.2. The molecule has 0 spiro atoms. The first-order valence-electron chi connectivity index (χ1n) is 6.69. The van der Waals surface area contributed by atoms with Gasteiger partial charge in [0.25, 0.3) is 11.6 Å². The monoisotopic (exact) mass is 337 g/mol. The lowest BCUT2D eigenvalue weighted by Gasteiger charge is -2.09. The molecule has 0 saturated heterocycles. The van der Waals surface area contributed by atoms with Gasteiger partial charge in [0.15, 0.2) is 0 Å². The smallest absolute Gasteiger partial charge is 0.293 e. The van der Waals surface area contributed by atoms with Crippen LogP contribution in [0, 0.1) is 15.9 Å². The van der Waals surface area contributed by atoms with Crippen molar-refractivity contribution in [3.63, 3.8) is 0 Å². The van der Waals surface area contributed by atoms with Crippen LogP contribution in [0.5, 0.6) is 0 Å². The van der Waals surface area contributed by atoms with Crippen molar-refractivity contribution in [3.05, 3.63) is 69.0 Å². The van der Waals surface area contributed by atoms with Crippen molar-refractivity contribution in [1.82, 2.24) is 5.32 Å². The van der Waals surface area contributed by atoms with Gasteiger partial charge in [-0.1, -0.05) is 11.6 Å². The zero-order valence-electron chi connectivity index (χ0n) is 11.9. The Labute approximate surface area is 136 Å². The average molecular weight is 338 g/mol. The molecule has 2 aromatic carbocycles. The standard InChI is InChI=1S/C15H13ClFN3O3/c16-11-3-6-13(14(9-11)20(22)23)18-7-8-19-15(21)10-1-4-12(17)5-2-10/h1-6,9,18H,7-8H2,(H,19,21). The summed E-state index contributed by atoms with van der Waals surface area (Å²) >= 11 is 5.73. The number of rotatable bonds is 6. The van der Waals surface area contributed by atoms with Crippen molar-refractivity contribution >= 4 is 28.9 Å². The summed E-state index contributed by atoms with van der Waals surface area (Å²) in [4.78, 5) is 22.2. The zero-order chi connectivity index (χ0) is 16.8. The molecule has 0 atom stereocenters. The minimum Gasteiger partial charge on any atom is -0.378 e. The van der Waals surface area contributed by atoms with Gasteiger partial charge in [0.1, 0.15) is 11.5 Å². The summed E-state index contributed by atoms with van der Waals surface area (Å²) < 4.78 is 12.8. The molecule has 0 bridgehead atoms. The van der Waals surface area contributed by atoms with Crippen LogP contribution in [0.2, 0.25) is 5.02 Å². The molecule has 0 aliphatic rings. The lowest BCUT2D eigenvalue weighted by Crippen LogP contribution is -2.28. The highest BCUT2D eigenvalue weighted by Gasteiger charge is 2.13. The third kappa shape index (κ3) is 4.65. The topological polar surface area (TPSA) is 84.3 Å². The van der Waals surface area contributed by atoms with Crippen LogP contribution in [0.25, 0.3) is 0 Å². The number of hydrogen-bond donors (Lipinski definition) is 2. The van der Waals surface area contributed by atoms with E-state index >= 15 is 0 Å². The Balaban J connectivity index is 1.87. The second-order valence-corrected chi connectivity index (χ2v) is 5.04. The molecule has 0 heterocycles. The number of amides is 1. The van der Waals surface area contributed by atoms with E-state index in [1.165, 1.54) is 42.5 Å². The Kier molecular flexibility index (Phi) is 5.48. The van der Waals surface area contributed by atoms with Crippen molar-refractivity contribution in [1.29, 1.82) is 0 Å². The minimum absolute atomic E-state index is 0.137. The van der Waals surface area contributed by atoms with Crippen LogP contribution in [-0.4, -0.2) is 23.9 Å². The lowest BCUT2D eigenvalue weighted by molar-refractivity contribution is -0.383. The van der Waals surface area contributed by atoms with Gasteiger partial charge in [-0.05, 0) is 36.4 Å². The van der Waals surface area contributed by atoms with E-state index in [9.17, 15) is 19.3 Å². The second kappa shape index (κ2) is 7.55. The van der Waals surface area contributed by atoms with E-state index in [4.69, 9.17) is 11.6 Å². The van der Waals surface area contributed by atoms with Gasteiger partial charge >= 0.3 is 0 Å². The van der Waals surface area contributed by atoms with Gasteiger partial charge in [-0.3, -0.25) is 14.9 Å². The van der Waals surface area contributed by atoms with Gasteiger partial charge < -0.3 is 10.6 Å². The Bertz CT molecular complexity index is 722. The van der Waals surface area contributed by atoms with Gasteiger partial charge in [0, 0.05) is 29.7 Å². The first-order chi connectivity index (χ1) is 11.0. The average Bonchev–Trinajstić information content (AvgIpc) is 2.53. The summed E-state index contributed by atoms with van der Waals surface area (Å²) in [5, 5.41) is 16.7. The normalized spacial score (nSPS) is 10.2. The molecule has 2 aromatic rings. The van der Waals surface area contributed by atoms with E-state index in [2.05, 4.69) is 10.6 Å². The molecule has 0 radical (unpaired) electrons. The molecule has 0 saturated carbocycles. The SMILES string of the molecule is O=C(NCCNc1ccc(Cl)cc1[N+](=O)[O-])c1ccc(F)cc1. The van der Waals surface area contributed by atoms with Crippen LogP contribution < -0.4 is 10.6 Å². The number of hydrogen-bond acceptors (Lipinski definition) is 4. The number of carbonyl (C=O) groups is 1. The molecule has 120 valence electrons. The summed E-state index contributed by atoms with van der Waals surface area (Å²) in [5.74, 6) is -0.768. The number of nitrogens with zero attached hydrogens (tertiary/aromatic N) is 1. The van der Waals surface area contributed by atoms with Gasteiger partial charge in [-0.15, -0.1) is 0 Å². The molecule has 0 unspecified atom stereocenters. The first-order valence-corrected chi connectivity index (χ1v) is 7.07. The quantitative estimate of drug-likeness (QED) is 0.481. The fourth-order valence-corrected chi connectivity index (χ4v) is 2.05. The molecule has 2 rings (SSSR count). The summed E-state index contributed by atoms with van der Waals surface area (Å²) in [7, 11) is 0. The van der Waals surface area contributed by atoms with E-state index in [0.717, 1.165) is 0 Å². The maximum Gasteiger partial charge on any atom is 0.293 e. The number of benzene rings is 2. The maximum atomic E-state index is 12.8. The van der Waals surface area contributed by atoms with Crippen LogP contribution in [0.1, 0.15) is 10.4 Å². The zero-order valence-corrected chi connectivity index (χ0v) is 12.6. The van der Waals surface area contributed by atoms with Crippen molar-refractivity contribution in [2.45, 2.75) is 0 Å². The number of carbonyl (C=O) groups excluding carboxylic acids is 1. The van der Waals surface area contributed by atoms with Crippen LogP contribution >= 0.6 is 11.6 Å². The Hall–Kier alpha value is -2.67. The summed E-state index contributed by atoms with van der Waals surface area (Å²) in [5.41, 5.74) is 0.515. The minimum atomic E-state index is -0.536. The molecule has 0 aromatic heterocycles. The Morgan fingerprint density at radius 2 is 1.87 bits per heavy atom. The number of nitro groups is 1. The molecule has 6 nitrogen and oxygen atoms in total. The molecule has 0 aliphatic heterocycles. The molecule has 1 amide bonds. The number of nitrogens with one attached hydrogen (secondary N) is 2. The van der Waals surface area contributed by atoms with Crippen LogP contribution in [0.3, 0.4) is 0 Å². The van der Waals surface area contributed by atoms with Crippen LogP contribution in [-0.2, 0) is 0 Å². The van der Waals surface area contributed by atoms with E-state index in [1.807, 2.05) is 0 Å². The van der Waals surface area contributed by atoms with Crippen molar-refractivity contribution in [3.8, 4) is 0 Å². The number of halogens is 2.